The highest BCUT2D eigenvalue weighted by Gasteiger charge is 2.36. The maximum Gasteiger partial charge on any atom is 0.410 e. The van der Waals surface area contributed by atoms with E-state index in [1.165, 1.54) is 0 Å². The van der Waals surface area contributed by atoms with Crippen LogP contribution < -0.4 is 0 Å². The van der Waals surface area contributed by atoms with Gasteiger partial charge >= 0.3 is 6.09 Å². The van der Waals surface area contributed by atoms with Crippen molar-refractivity contribution >= 4 is 6.09 Å². The molecule has 0 saturated carbocycles. The van der Waals surface area contributed by atoms with E-state index in [1.807, 2.05) is 65.8 Å². The minimum absolute atomic E-state index is 0.0186. The zero-order valence-electron chi connectivity index (χ0n) is 15.3. The first-order chi connectivity index (χ1) is 10.8. The van der Waals surface area contributed by atoms with Crippen molar-refractivity contribution in [1.82, 2.24) is 4.90 Å². The fourth-order valence-electron chi connectivity index (χ4n) is 2.93. The summed E-state index contributed by atoms with van der Waals surface area (Å²) in [5.41, 5.74) is 0.892. The van der Waals surface area contributed by atoms with E-state index in [2.05, 4.69) is 6.58 Å². The fraction of sp³-hybridized carbons (Fsp3) is 0.632. The molecule has 1 amide bonds. The molecule has 4 heteroatoms. The lowest BCUT2D eigenvalue weighted by atomic mass is 9.95. The summed E-state index contributed by atoms with van der Waals surface area (Å²) in [6, 6.07) is 0.160. The summed E-state index contributed by atoms with van der Waals surface area (Å²) in [5, 5.41) is 0. The standard InChI is InChI=1S/C19H31NO3/c1-8-10-16-12-15(7)18(17(22-16)11-9-2)23-19(21)20(13(3)4)14(5)6/h8-11,13-14,16-18H,7,12H2,1-6H3/b10-8+,11-9+/t16-,17+,18+/m0/s1. The van der Waals surface area contributed by atoms with E-state index >= 15 is 0 Å². The largest absolute Gasteiger partial charge is 0.438 e. The van der Waals surface area contributed by atoms with E-state index in [0.29, 0.717) is 6.42 Å². The molecule has 1 aliphatic rings. The van der Waals surface area contributed by atoms with Gasteiger partial charge in [-0.05, 0) is 47.1 Å². The molecule has 0 unspecified atom stereocenters. The number of hydrogen-bond acceptors (Lipinski definition) is 3. The van der Waals surface area contributed by atoms with Crippen molar-refractivity contribution in [2.75, 3.05) is 0 Å². The summed E-state index contributed by atoms with van der Waals surface area (Å²) < 4.78 is 11.8. The Kier molecular flexibility index (Phi) is 7.56. The van der Waals surface area contributed by atoms with Crippen LogP contribution in [0.2, 0.25) is 0 Å². The normalized spacial score (nSPS) is 25.7. The summed E-state index contributed by atoms with van der Waals surface area (Å²) in [4.78, 5) is 14.3. The molecule has 0 radical (unpaired) electrons. The predicted molar refractivity (Wildman–Crippen MR) is 94.4 cm³/mol. The van der Waals surface area contributed by atoms with Gasteiger partial charge in [0.1, 0.15) is 6.10 Å². The molecule has 0 N–H and O–H groups in total. The lowest BCUT2D eigenvalue weighted by Gasteiger charge is -2.38. The highest BCUT2D eigenvalue weighted by atomic mass is 16.6. The average molecular weight is 321 g/mol. The molecule has 0 aromatic rings. The van der Waals surface area contributed by atoms with Gasteiger partial charge in [-0.15, -0.1) is 0 Å². The van der Waals surface area contributed by atoms with Gasteiger partial charge in [-0.3, -0.25) is 0 Å². The Labute approximate surface area is 140 Å². The first-order valence-electron chi connectivity index (χ1n) is 8.39. The Hall–Kier alpha value is -1.55. The summed E-state index contributed by atoms with van der Waals surface area (Å²) in [6.07, 6.45) is 7.41. The number of rotatable bonds is 5. The summed E-state index contributed by atoms with van der Waals surface area (Å²) in [7, 11) is 0. The Bertz CT molecular complexity index is 457. The van der Waals surface area contributed by atoms with E-state index in [-0.39, 0.29) is 30.4 Å². The number of carbonyl (C=O) groups excluding carboxylic acids is 1. The molecule has 4 nitrogen and oxygen atoms in total. The highest BCUT2D eigenvalue weighted by molar-refractivity contribution is 5.69. The first-order valence-corrected chi connectivity index (χ1v) is 8.39. The summed E-state index contributed by atoms with van der Waals surface area (Å²) in [6.45, 7) is 16.0. The van der Waals surface area contributed by atoms with Crippen molar-refractivity contribution in [3.63, 3.8) is 0 Å². The van der Waals surface area contributed by atoms with Crippen molar-refractivity contribution in [3.05, 3.63) is 36.5 Å². The maximum atomic E-state index is 12.6. The molecule has 130 valence electrons. The van der Waals surface area contributed by atoms with Crippen molar-refractivity contribution in [1.29, 1.82) is 0 Å². The van der Waals surface area contributed by atoms with Gasteiger partial charge in [-0.25, -0.2) is 4.79 Å². The van der Waals surface area contributed by atoms with Gasteiger partial charge in [-0.2, -0.15) is 0 Å². The van der Waals surface area contributed by atoms with Gasteiger partial charge in [0.2, 0.25) is 0 Å². The van der Waals surface area contributed by atoms with Gasteiger partial charge in [0.15, 0.2) is 6.10 Å². The predicted octanol–water partition coefficient (Wildman–Crippen LogP) is 4.48. The van der Waals surface area contributed by atoms with Crippen LogP contribution in [0.4, 0.5) is 4.79 Å². The second-order valence-electron chi connectivity index (χ2n) is 6.45. The van der Waals surface area contributed by atoms with Crippen molar-refractivity contribution in [2.24, 2.45) is 0 Å². The summed E-state index contributed by atoms with van der Waals surface area (Å²) in [5.74, 6) is 0. The molecule has 1 fully saturated rings. The second-order valence-corrected chi connectivity index (χ2v) is 6.45. The molecule has 1 heterocycles. The highest BCUT2D eigenvalue weighted by Crippen LogP contribution is 2.28. The summed E-state index contributed by atoms with van der Waals surface area (Å²) >= 11 is 0. The van der Waals surface area contributed by atoms with Gasteiger partial charge in [0.25, 0.3) is 0 Å². The molecule has 0 aliphatic carbocycles. The van der Waals surface area contributed by atoms with Crippen molar-refractivity contribution in [2.45, 2.75) is 78.4 Å². The van der Waals surface area contributed by atoms with E-state index in [1.54, 1.807) is 4.90 Å². The topological polar surface area (TPSA) is 38.8 Å². The van der Waals surface area contributed by atoms with Gasteiger partial charge in [0, 0.05) is 18.5 Å². The fourth-order valence-corrected chi connectivity index (χ4v) is 2.93. The van der Waals surface area contributed by atoms with Crippen LogP contribution in [0, 0.1) is 0 Å². The van der Waals surface area contributed by atoms with Gasteiger partial charge in [-0.1, -0.05) is 30.9 Å². The monoisotopic (exact) mass is 321 g/mol. The molecule has 1 rings (SSSR count). The molecular formula is C19H31NO3. The lowest BCUT2D eigenvalue weighted by molar-refractivity contribution is -0.0624. The van der Waals surface area contributed by atoms with E-state index < -0.39 is 6.10 Å². The molecule has 23 heavy (non-hydrogen) atoms. The Balaban J connectivity index is 2.91. The minimum Gasteiger partial charge on any atom is -0.438 e. The van der Waals surface area contributed by atoms with Crippen LogP contribution in [0.15, 0.2) is 36.5 Å². The number of amides is 1. The molecule has 0 aromatic heterocycles. The van der Waals surface area contributed by atoms with Crippen molar-refractivity contribution < 1.29 is 14.3 Å². The third-order valence-corrected chi connectivity index (χ3v) is 3.84. The quantitative estimate of drug-likeness (QED) is 0.701. The van der Waals surface area contributed by atoms with Gasteiger partial charge < -0.3 is 14.4 Å². The zero-order chi connectivity index (χ0) is 17.6. The van der Waals surface area contributed by atoms with Crippen LogP contribution in [0.5, 0.6) is 0 Å². The Morgan fingerprint density at radius 1 is 1.22 bits per heavy atom. The van der Waals surface area contributed by atoms with Gasteiger partial charge in [0.05, 0.1) is 6.10 Å². The smallest absolute Gasteiger partial charge is 0.410 e. The second kappa shape index (κ2) is 8.92. The molecule has 1 aliphatic heterocycles. The van der Waals surface area contributed by atoms with E-state index in [0.717, 1.165) is 5.57 Å². The number of hydrogen-bond donors (Lipinski definition) is 0. The average Bonchev–Trinajstić information content (AvgIpc) is 2.42. The lowest BCUT2D eigenvalue weighted by Crippen LogP contribution is -2.48. The molecule has 0 aromatic carbocycles. The zero-order valence-corrected chi connectivity index (χ0v) is 15.3. The Morgan fingerprint density at radius 2 is 1.78 bits per heavy atom. The van der Waals surface area contributed by atoms with Crippen LogP contribution in [-0.4, -0.2) is 41.4 Å². The first kappa shape index (κ1) is 19.5. The maximum absolute atomic E-state index is 12.6. The molecule has 3 atom stereocenters. The number of nitrogens with zero attached hydrogens (tertiary/aromatic N) is 1. The van der Waals surface area contributed by atoms with E-state index in [4.69, 9.17) is 9.47 Å². The van der Waals surface area contributed by atoms with Crippen LogP contribution in [0.25, 0.3) is 0 Å². The minimum atomic E-state index is -0.444. The van der Waals surface area contributed by atoms with E-state index in [9.17, 15) is 4.79 Å². The molecule has 1 saturated heterocycles. The van der Waals surface area contributed by atoms with Crippen LogP contribution in [-0.2, 0) is 9.47 Å². The number of allylic oxidation sites excluding steroid dienone is 2. The SMILES string of the molecule is C=C1C[C@H](/C=C/C)O[C@H](/C=C/C)[C@@H]1OC(=O)N(C(C)C)C(C)C. The third kappa shape index (κ3) is 5.24. The number of ether oxygens (including phenoxy) is 2. The van der Waals surface area contributed by atoms with Crippen LogP contribution in [0.1, 0.15) is 48.0 Å². The van der Waals surface area contributed by atoms with Crippen LogP contribution in [0.3, 0.4) is 0 Å². The molecular weight excluding hydrogens is 290 g/mol. The van der Waals surface area contributed by atoms with Crippen molar-refractivity contribution in [3.8, 4) is 0 Å². The third-order valence-electron chi connectivity index (χ3n) is 3.84. The Morgan fingerprint density at radius 3 is 2.26 bits per heavy atom. The number of carbonyl (C=O) groups is 1. The molecule has 0 spiro atoms. The van der Waals surface area contributed by atoms with Crippen LogP contribution >= 0.6 is 0 Å². The molecule has 0 bridgehead atoms.